The number of guanidine groups is 1. The van der Waals surface area contributed by atoms with Gasteiger partial charge in [0, 0.05) is 51.2 Å². The Morgan fingerprint density at radius 2 is 2.23 bits per heavy atom. The Bertz CT molecular complexity index is 429. The molecule has 1 atom stereocenters. The van der Waals surface area contributed by atoms with Crippen LogP contribution in [0.15, 0.2) is 23.5 Å². The third kappa shape index (κ3) is 6.51. The van der Waals surface area contributed by atoms with Gasteiger partial charge in [-0.25, -0.2) is 0 Å². The molecule has 0 spiro atoms. The molecule has 1 saturated carbocycles. The summed E-state index contributed by atoms with van der Waals surface area (Å²) in [5.74, 6) is 0.881. The van der Waals surface area contributed by atoms with Crippen molar-refractivity contribution in [2.75, 3.05) is 27.2 Å². The number of likely N-dealkylation sites (N-methyl/N-ethyl adjacent to an activating group) is 1. The Labute approximate surface area is 150 Å². The number of hydrogen-bond donors (Lipinski definition) is 2. The third-order valence-corrected chi connectivity index (χ3v) is 4.02. The Morgan fingerprint density at radius 1 is 1.45 bits per heavy atom. The van der Waals surface area contributed by atoms with E-state index in [0.29, 0.717) is 6.04 Å². The second-order valence-electron chi connectivity index (χ2n) is 5.75. The van der Waals surface area contributed by atoms with Crippen molar-refractivity contribution < 1.29 is 0 Å². The molecule has 0 bridgehead atoms. The van der Waals surface area contributed by atoms with Gasteiger partial charge in [-0.15, -0.1) is 24.0 Å². The maximum Gasteiger partial charge on any atom is 0.191 e. The summed E-state index contributed by atoms with van der Waals surface area (Å²) in [6.07, 6.45) is 7.52. The van der Waals surface area contributed by atoms with E-state index in [1.165, 1.54) is 12.8 Å². The Kier molecular flexibility index (Phi) is 8.77. The topological polar surface area (TPSA) is 57.5 Å². The fraction of sp³-hybridized carbons (Fsp3) is 0.733. The standard InChI is InChI=1S/C15H28N6.HI/c1-13(20(3)14-6-7-14)12-18-15(16-2)17-8-4-10-21-11-5-9-19-21;/h5,9,11,13-14H,4,6-8,10,12H2,1-3H3,(H2,16,17,18);1H. The van der Waals surface area contributed by atoms with E-state index in [4.69, 9.17) is 0 Å². The molecule has 22 heavy (non-hydrogen) atoms. The molecule has 1 aliphatic carbocycles. The number of rotatable bonds is 8. The van der Waals surface area contributed by atoms with Gasteiger partial charge in [-0.2, -0.15) is 5.10 Å². The molecule has 126 valence electrons. The largest absolute Gasteiger partial charge is 0.356 e. The van der Waals surface area contributed by atoms with Crippen LogP contribution in [0.1, 0.15) is 26.2 Å². The van der Waals surface area contributed by atoms with Gasteiger partial charge >= 0.3 is 0 Å². The highest BCUT2D eigenvalue weighted by Gasteiger charge is 2.28. The summed E-state index contributed by atoms with van der Waals surface area (Å²) in [5.41, 5.74) is 0. The van der Waals surface area contributed by atoms with Crippen LogP contribution in [0.25, 0.3) is 0 Å². The van der Waals surface area contributed by atoms with Crippen LogP contribution in [0.3, 0.4) is 0 Å². The highest BCUT2D eigenvalue weighted by Crippen LogP contribution is 2.26. The first-order valence-electron chi connectivity index (χ1n) is 7.84. The van der Waals surface area contributed by atoms with Crippen LogP contribution >= 0.6 is 24.0 Å². The molecule has 1 unspecified atom stereocenters. The third-order valence-electron chi connectivity index (χ3n) is 4.02. The van der Waals surface area contributed by atoms with Gasteiger partial charge in [0.2, 0.25) is 0 Å². The second kappa shape index (κ2) is 10.0. The van der Waals surface area contributed by atoms with E-state index >= 15 is 0 Å². The van der Waals surface area contributed by atoms with Gasteiger partial charge in [-0.1, -0.05) is 0 Å². The lowest BCUT2D eigenvalue weighted by atomic mass is 10.3. The summed E-state index contributed by atoms with van der Waals surface area (Å²) < 4.78 is 1.95. The molecule has 1 aromatic heterocycles. The Hall–Kier alpha value is -0.830. The van der Waals surface area contributed by atoms with Gasteiger partial charge in [0.05, 0.1) is 0 Å². The van der Waals surface area contributed by atoms with E-state index < -0.39 is 0 Å². The van der Waals surface area contributed by atoms with E-state index in [1.807, 2.05) is 30.2 Å². The lowest BCUT2D eigenvalue weighted by molar-refractivity contribution is 0.247. The minimum Gasteiger partial charge on any atom is -0.356 e. The summed E-state index contributed by atoms with van der Waals surface area (Å²) >= 11 is 0. The van der Waals surface area contributed by atoms with Crippen LogP contribution in [0.4, 0.5) is 0 Å². The van der Waals surface area contributed by atoms with Crippen molar-refractivity contribution in [2.24, 2.45) is 4.99 Å². The van der Waals surface area contributed by atoms with E-state index in [2.05, 4.69) is 39.6 Å². The number of nitrogens with one attached hydrogen (secondary N) is 2. The highest BCUT2D eigenvalue weighted by molar-refractivity contribution is 14.0. The van der Waals surface area contributed by atoms with Crippen molar-refractivity contribution in [3.63, 3.8) is 0 Å². The summed E-state index contributed by atoms with van der Waals surface area (Å²) in [5, 5.41) is 10.9. The number of nitrogens with zero attached hydrogens (tertiary/aromatic N) is 4. The molecule has 1 fully saturated rings. The lowest BCUT2D eigenvalue weighted by Gasteiger charge is -2.25. The molecule has 1 aromatic rings. The summed E-state index contributed by atoms with van der Waals surface area (Å²) in [6.45, 7) is 5.01. The molecule has 0 aromatic carbocycles. The van der Waals surface area contributed by atoms with Gasteiger partial charge in [0.25, 0.3) is 0 Å². The van der Waals surface area contributed by atoms with Crippen LogP contribution in [0.2, 0.25) is 0 Å². The molecule has 0 saturated heterocycles. The maximum absolute atomic E-state index is 4.27. The van der Waals surface area contributed by atoms with Crippen LogP contribution in [0, 0.1) is 0 Å². The summed E-state index contributed by atoms with van der Waals surface area (Å²) in [7, 11) is 4.03. The molecule has 0 radical (unpaired) electrons. The zero-order valence-corrected chi connectivity index (χ0v) is 16.2. The van der Waals surface area contributed by atoms with E-state index in [9.17, 15) is 0 Å². The van der Waals surface area contributed by atoms with Crippen LogP contribution in [-0.4, -0.2) is 59.9 Å². The number of aromatic nitrogens is 2. The Morgan fingerprint density at radius 3 is 2.82 bits per heavy atom. The molecular weight excluding hydrogens is 391 g/mol. The van der Waals surface area contributed by atoms with Gasteiger partial charge in [0.15, 0.2) is 5.96 Å². The second-order valence-corrected chi connectivity index (χ2v) is 5.75. The fourth-order valence-corrected chi connectivity index (χ4v) is 2.33. The van der Waals surface area contributed by atoms with E-state index in [1.54, 1.807) is 0 Å². The van der Waals surface area contributed by atoms with Gasteiger partial charge in [-0.3, -0.25) is 14.6 Å². The minimum atomic E-state index is 0. The molecule has 2 N–H and O–H groups in total. The fourth-order valence-electron chi connectivity index (χ4n) is 2.33. The molecule has 6 nitrogen and oxygen atoms in total. The number of aryl methyl sites for hydroxylation is 1. The quantitative estimate of drug-likeness (QED) is 0.290. The van der Waals surface area contributed by atoms with Crippen molar-refractivity contribution in [2.45, 2.75) is 44.8 Å². The first kappa shape index (κ1) is 19.2. The van der Waals surface area contributed by atoms with Crippen LogP contribution in [0.5, 0.6) is 0 Å². The summed E-state index contributed by atoms with van der Waals surface area (Å²) in [6, 6.07) is 3.28. The average Bonchev–Trinajstić information content (AvgIpc) is 3.22. The maximum atomic E-state index is 4.27. The van der Waals surface area contributed by atoms with Crippen molar-refractivity contribution in [1.29, 1.82) is 0 Å². The molecular formula is C15H29IN6. The van der Waals surface area contributed by atoms with E-state index in [0.717, 1.165) is 38.1 Å². The van der Waals surface area contributed by atoms with Crippen molar-refractivity contribution in [1.82, 2.24) is 25.3 Å². The Balaban J connectivity index is 0.00000242. The normalized spacial score (nSPS) is 16.3. The zero-order chi connectivity index (χ0) is 15.1. The SMILES string of the molecule is CN=C(NCCCn1cccn1)NCC(C)N(C)C1CC1.I. The molecule has 0 amide bonds. The van der Waals surface area contributed by atoms with Crippen molar-refractivity contribution in [3.8, 4) is 0 Å². The molecule has 7 heteroatoms. The summed E-state index contributed by atoms with van der Waals surface area (Å²) in [4.78, 5) is 6.72. The average molecular weight is 420 g/mol. The molecule has 1 heterocycles. The number of hydrogen-bond acceptors (Lipinski definition) is 3. The minimum absolute atomic E-state index is 0. The molecule has 2 rings (SSSR count). The van der Waals surface area contributed by atoms with Gasteiger partial charge in [-0.05, 0) is 39.3 Å². The van der Waals surface area contributed by atoms with Gasteiger partial charge < -0.3 is 10.6 Å². The molecule has 1 aliphatic rings. The van der Waals surface area contributed by atoms with Crippen LogP contribution < -0.4 is 10.6 Å². The van der Waals surface area contributed by atoms with Crippen molar-refractivity contribution in [3.05, 3.63) is 18.5 Å². The first-order chi connectivity index (χ1) is 10.2. The highest BCUT2D eigenvalue weighted by atomic mass is 127. The van der Waals surface area contributed by atoms with Crippen LogP contribution in [-0.2, 0) is 6.54 Å². The predicted octanol–water partition coefficient (Wildman–Crippen LogP) is 1.54. The van der Waals surface area contributed by atoms with Crippen molar-refractivity contribution >= 4 is 29.9 Å². The predicted molar refractivity (Wildman–Crippen MR) is 102 cm³/mol. The number of aliphatic imine (C=N–C) groups is 1. The first-order valence-corrected chi connectivity index (χ1v) is 7.84. The zero-order valence-electron chi connectivity index (χ0n) is 13.8. The van der Waals surface area contributed by atoms with Gasteiger partial charge in [0.1, 0.15) is 0 Å². The van der Waals surface area contributed by atoms with E-state index in [-0.39, 0.29) is 24.0 Å². The monoisotopic (exact) mass is 420 g/mol. The lowest BCUT2D eigenvalue weighted by Crippen LogP contribution is -2.45. The number of halogens is 1. The smallest absolute Gasteiger partial charge is 0.191 e. The molecule has 0 aliphatic heterocycles.